The third-order valence-corrected chi connectivity index (χ3v) is 6.21. The standard InChI is InChI=1S/C19H17F3N2O4/c1-17-5-6-18(28-17,7-8-25)14-13(17)15(26)24(16(14)27)10-3-4-12(23-2)11(9-10)19(20,21)22/h3-4,9,13-14,25H,5-8H2,1H3/t13-,14+,17?,18?/m1/s1. The van der Waals surface area contributed by atoms with Gasteiger partial charge in [-0.3, -0.25) is 9.59 Å². The van der Waals surface area contributed by atoms with Gasteiger partial charge in [0.05, 0.1) is 35.2 Å². The van der Waals surface area contributed by atoms with E-state index in [1.807, 2.05) is 0 Å². The van der Waals surface area contributed by atoms with Crippen LogP contribution in [0.5, 0.6) is 0 Å². The SMILES string of the molecule is [C-]#[N+]c1ccc(N2C(=O)[C@@H]3[C@H](C2=O)C2(C)CCC3(CCO)O2)cc1C(F)(F)F. The van der Waals surface area contributed by atoms with Crippen molar-refractivity contribution in [1.82, 2.24) is 0 Å². The molecule has 4 atom stereocenters. The van der Waals surface area contributed by atoms with Crippen molar-refractivity contribution >= 4 is 23.2 Å². The normalized spacial score (nSPS) is 34.1. The molecule has 2 unspecified atom stereocenters. The van der Waals surface area contributed by atoms with Crippen molar-refractivity contribution in [2.75, 3.05) is 11.5 Å². The van der Waals surface area contributed by atoms with Crippen LogP contribution in [0.25, 0.3) is 4.85 Å². The van der Waals surface area contributed by atoms with Crippen molar-refractivity contribution in [2.24, 2.45) is 11.8 Å². The van der Waals surface area contributed by atoms with Gasteiger partial charge >= 0.3 is 6.18 Å². The first-order valence-electron chi connectivity index (χ1n) is 8.85. The fourth-order valence-electron chi connectivity index (χ4n) is 5.04. The molecule has 1 aromatic carbocycles. The molecule has 3 aliphatic rings. The van der Waals surface area contributed by atoms with Crippen molar-refractivity contribution in [1.29, 1.82) is 0 Å². The summed E-state index contributed by atoms with van der Waals surface area (Å²) in [5.74, 6) is -2.84. The van der Waals surface area contributed by atoms with Crippen LogP contribution < -0.4 is 4.90 Å². The number of benzene rings is 1. The van der Waals surface area contributed by atoms with Gasteiger partial charge in [0.15, 0.2) is 5.69 Å². The largest absolute Gasteiger partial charge is 0.407 e. The van der Waals surface area contributed by atoms with Crippen LogP contribution in [-0.2, 0) is 20.5 Å². The van der Waals surface area contributed by atoms with Crippen molar-refractivity contribution in [3.63, 3.8) is 0 Å². The van der Waals surface area contributed by atoms with E-state index in [-0.39, 0.29) is 18.7 Å². The Hall–Kier alpha value is -2.44. The van der Waals surface area contributed by atoms with Gasteiger partial charge in [0.2, 0.25) is 11.8 Å². The molecule has 3 fully saturated rings. The smallest absolute Gasteiger partial charge is 0.396 e. The van der Waals surface area contributed by atoms with Crippen molar-refractivity contribution in [2.45, 2.75) is 43.6 Å². The number of aliphatic hydroxyl groups excluding tert-OH is 1. The van der Waals surface area contributed by atoms with Gasteiger partial charge in [0.25, 0.3) is 0 Å². The highest BCUT2D eigenvalue weighted by molar-refractivity contribution is 6.23. The quantitative estimate of drug-likeness (QED) is 0.632. The molecule has 1 N–H and O–H groups in total. The van der Waals surface area contributed by atoms with Gasteiger partial charge in [-0.1, -0.05) is 6.07 Å². The minimum Gasteiger partial charge on any atom is -0.396 e. The van der Waals surface area contributed by atoms with E-state index in [4.69, 9.17) is 11.3 Å². The molecule has 2 bridgehead atoms. The van der Waals surface area contributed by atoms with Crippen LogP contribution in [-0.4, -0.2) is 34.7 Å². The Morgan fingerprint density at radius 1 is 1.29 bits per heavy atom. The lowest BCUT2D eigenvalue weighted by molar-refractivity contribution is -0.137. The summed E-state index contributed by atoms with van der Waals surface area (Å²) >= 11 is 0. The second-order valence-electron chi connectivity index (χ2n) is 7.73. The van der Waals surface area contributed by atoms with E-state index in [9.17, 15) is 27.9 Å². The van der Waals surface area contributed by atoms with Crippen molar-refractivity contribution in [3.8, 4) is 0 Å². The summed E-state index contributed by atoms with van der Waals surface area (Å²) in [6.07, 6.45) is -3.57. The summed E-state index contributed by atoms with van der Waals surface area (Å²) in [6, 6.07) is 2.83. The minimum atomic E-state index is -4.79. The summed E-state index contributed by atoms with van der Waals surface area (Å²) in [5, 5.41) is 9.42. The molecule has 1 aromatic rings. The van der Waals surface area contributed by atoms with Gasteiger partial charge in [0, 0.05) is 18.7 Å². The molecule has 3 saturated heterocycles. The van der Waals surface area contributed by atoms with Crippen LogP contribution >= 0.6 is 0 Å². The molecular formula is C19H17F3N2O4. The van der Waals surface area contributed by atoms with E-state index in [0.717, 1.165) is 11.0 Å². The fourth-order valence-corrected chi connectivity index (χ4v) is 5.04. The zero-order valence-electron chi connectivity index (χ0n) is 14.9. The van der Waals surface area contributed by atoms with Crippen LogP contribution in [0.4, 0.5) is 24.5 Å². The monoisotopic (exact) mass is 394 g/mol. The van der Waals surface area contributed by atoms with Gasteiger partial charge in [-0.05, 0) is 31.9 Å². The highest BCUT2D eigenvalue weighted by atomic mass is 19.4. The Morgan fingerprint density at radius 3 is 2.57 bits per heavy atom. The van der Waals surface area contributed by atoms with Gasteiger partial charge in [-0.15, -0.1) is 0 Å². The Bertz CT molecular complexity index is 921. The molecular weight excluding hydrogens is 377 g/mol. The molecule has 6 nitrogen and oxygen atoms in total. The summed E-state index contributed by atoms with van der Waals surface area (Å²) in [4.78, 5) is 29.9. The maximum atomic E-state index is 13.3. The molecule has 4 rings (SSSR count). The number of hydrogen-bond donors (Lipinski definition) is 1. The fraction of sp³-hybridized carbons (Fsp3) is 0.526. The number of aliphatic hydroxyl groups is 1. The number of carbonyl (C=O) groups is 2. The number of amides is 2. The zero-order chi connectivity index (χ0) is 20.5. The van der Waals surface area contributed by atoms with E-state index >= 15 is 0 Å². The molecule has 0 spiro atoms. The van der Waals surface area contributed by atoms with E-state index in [1.54, 1.807) is 6.92 Å². The molecule has 0 aliphatic carbocycles. The number of rotatable bonds is 3. The second-order valence-corrected chi connectivity index (χ2v) is 7.73. The molecule has 0 saturated carbocycles. The lowest BCUT2D eigenvalue weighted by Gasteiger charge is -2.30. The summed E-state index contributed by atoms with van der Waals surface area (Å²) < 4.78 is 46.0. The van der Waals surface area contributed by atoms with Crippen LogP contribution in [0, 0.1) is 18.4 Å². The number of halogens is 3. The molecule has 0 radical (unpaired) electrons. The summed E-state index contributed by atoms with van der Waals surface area (Å²) in [5.41, 5.74) is -3.84. The average Bonchev–Trinajstić information content (AvgIpc) is 3.19. The maximum Gasteiger partial charge on any atom is 0.407 e. The molecule has 2 amide bonds. The number of imide groups is 1. The van der Waals surface area contributed by atoms with Gasteiger partial charge in [-0.2, -0.15) is 13.2 Å². The summed E-state index contributed by atoms with van der Waals surface area (Å²) in [7, 11) is 0. The topological polar surface area (TPSA) is 71.2 Å². The van der Waals surface area contributed by atoms with E-state index in [1.165, 1.54) is 6.07 Å². The van der Waals surface area contributed by atoms with Gasteiger partial charge < -0.3 is 9.84 Å². The number of nitrogens with zero attached hydrogens (tertiary/aromatic N) is 2. The molecule has 9 heteroatoms. The number of carbonyl (C=O) groups excluding carboxylic acids is 2. The lowest BCUT2D eigenvalue weighted by Crippen LogP contribution is -2.42. The number of ether oxygens (including phenoxy) is 1. The average molecular weight is 394 g/mol. The minimum absolute atomic E-state index is 0.182. The second kappa shape index (κ2) is 5.78. The Balaban J connectivity index is 1.79. The van der Waals surface area contributed by atoms with Crippen LogP contribution in [0.3, 0.4) is 0 Å². The first-order valence-corrected chi connectivity index (χ1v) is 8.85. The van der Waals surface area contributed by atoms with E-state index < -0.39 is 52.3 Å². The predicted octanol–water partition coefficient (Wildman–Crippen LogP) is 3.07. The van der Waals surface area contributed by atoms with Crippen molar-refractivity contribution in [3.05, 3.63) is 35.2 Å². The van der Waals surface area contributed by atoms with E-state index in [0.29, 0.717) is 18.9 Å². The highest BCUT2D eigenvalue weighted by Crippen LogP contribution is 2.62. The Morgan fingerprint density at radius 2 is 1.96 bits per heavy atom. The van der Waals surface area contributed by atoms with E-state index in [2.05, 4.69) is 4.85 Å². The Kier molecular flexibility index (Phi) is 3.90. The summed E-state index contributed by atoms with van der Waals surface area (Å²) in [6.45, 7) is 8.43. The third-order valence-electron chi connectivity index (χ3n) is 6.21. The number of hydrogen-bond acceptors (Lipinski definition) is 4. The number of alkyl halides is 3. The van der Waals surface area contributed by atoms with Crippen LogP contribution in [0.2, 0.25) is 0 Å². The van der Waals surface area contributed by atoms with Gasteiger partial charge in [-0.25, -0.2) is 9.74 Å². The number of anilines is 1. The molecule has 3 heterocycles. The lowest BCUT2D eigenvalue weighted by atomic mass is 9.67. The predicted molar refractivity (Wildman–Crippen MR) is 90.3 cm³/mol. The molecule has 3 aliphatic heterocycles. The van der Waals surface area contributed by atoms with Crippen LogP contribution in [0.15, 0.2) is 18.2 Å². The highest BCUT2D eigenvalue weighted by Gasteiger charge is 2.73. The first kappa shape index (κ1) is 18.9. The van der Waals surface area contributed by atoms with Gasteiger partial charge in [0.1, 0.15) is 0 Å². The maximum absolute atomic E-state index is 13.3. The van der Waals surface area contributed by atoms with Crippen molar-refractivity contribution < 1.29 is 32.6 Å². The van der Waals surface area contributed by atoms with Crippen LogP contribution in [0.1, 0.15) is 31.7 Å². The third kappa shape index (κ3) is 2.34. The molecule has 0 aromatic heterocycles. The first-order chi connectivity index (χ1) is 13.1. The zero-order valence-corrected chi connectivity index (χ0v) is 14.9. The molecule has 148 valence electrons. The number of fused-ring (bicyclic) bond motifs is 5. The molecule has 28 heavy (non-hydrogen) atoms. The Labute approximate surface area is 158 Å².